The number of amides is 2. The van der Waals surface area contributed by atoms with Crippen LogP contribution in [0.3, 0.4) is 0 Å². The van der Waals surface area contributed by atoms with Crippen LogP contribution in [0.15, 0.2) is 30.3 Å². The van der Waals surface area contributed by atoms with Crippen molar-refractivity contribution in [1.82, 2.24) is 5.32 Å². The molecule has 0 atom stereocenters. The molecule has 0 saturated carbocycles. The summed E-state index contributed by atoms with van der Waals surface area (Å²) < 4.78 is 10.6. The van der Waals surface area contributed by atoms with Gasteiger partial charge < -0.3 is 20.1 Å². The molecule has 0 bridgehead atoms. The summed E-state index contributed by atoms with van der Waals surface area (Å²) in [5.41, 5.74) is 4.23. The number of ether oxygens (including phenoxy) is 2. The molecule has 0 spiro atoms. The molecule has 2 amide bonds. The van der Waals surface area contributed by atoms with Crippen LogP contribution < -0.4 is 20.1 Å². The first-order chi connectivity index (χ1) is 13.3. The molecule has 0 fully saturated rings. The highest BCUT2D eigenvalue weighted by atomic mass is 16.5. The fourth-order valence-corrected chi connectivity index (χ4v) is 2.79. The van der Waals surface area contributed by atoms with Crippen molar-refractivity contribution in [2.24, 2.45) is 0 Å². The van der Waals surface area contributed by atoms with E-state index in [0.29, 0.717) is 17.1 Å². The largest absolute Gasteiger partial charge is 0.493 e. The molecule has 146 valence electrons. The van der Waals surface area contributed by atoms with Crippen LogP contribution in [0.5, 0.6) is 11.5 Å². The third kappa shape index (κ3) is 5.48. The van der Waals surface area contributed by atoms with E-state index < -0.39 is 5.91 Å². The van der Waals surface area contributed by atoms with Gasteiger partial charge in [-0.3, -0.25) is 9.59 Å². The average molecular weight is 381 g/mol. The zero-order valence-corrected chi connectivity index (χ0v) is 16.4. The second kappa shape index (κ2) is 9.42. The Kier molecular flexibility index (Phi) is 6.99. The predicted molar refractivity (Wildman–Crippen MR) is 105 cm³/mol. The second-order valence-corrected chi connectivity index (χ2v) is 6.36. The Hall–Kier alpha value is -3.53. The highest BCUT2D eigenvalue weighted by Crippen LogP contribution is 2.27. The van der Waals surface area contributed by atoms with Crippen molar-refractivity contribution in [3.63, 3.8) is 0 Å². The number of aryl methyl sites for hydroxylation is 3. The van der Waals surface area contributed by atoms with Gasteiger partial charge in [-0.2, -0.15) is 5.26 Å². The summed E-state index contributed by atoms with van der Waals surface area (Å²) in [6, 6.07) is 10.6. The van der Waals surface area contributed by atoms with E-state index in [-0.39, 0.29) is 19.1 Å². The maximum atomic E-state index is 12.1. The summed E-state index contributed by atoms with van der Waals surface area (Å²) >= 11 is 0. The van der Waals surface area contributed by atoms with Crippen molar-refractivity contribution in [1.29, 1.82) is 5.26 Å². The zero-order valence-electron chi connectivity index (χ0n) is 16.4. The number of rotatable bonds is 7. The van der Waals surface area contributed by atoms with Crippen LogP contribution in [-0.4, -0.2) is 32.1 Å². The smallest absolute Gasteiger partial charge is 0.258 e. The molecule has 0 saturated heterocycles. The first-order valence-electron chi connectivity index (χ1n) is 8.69. The molecule has 7 heteroatoms. The fourth-order valence-electron chi connectivity index (χ4n) is 2.79. The van der Waals surface area contributed by atoms with Crippen molar-refractivity contribution in [2.45, 2.75) is 20.8 Å². The lowest BCUT2D eigenvalue weighted by Crippen LogP contribution is -2.36. The van der Waals surface area contributed by atoms with E-state index in [4.69, 9.17) is 14.7 Å². The molecular formula is C21H23N3O4. The van der Waals surface area contributed by atoms with Crippen LogP contribution in [-0.2, 0) is 9.59 Å². The molecular weight excluding hydrogens is 358 g/mol. The SMILES string of the molecule is COc1cc(C#N)ccc1OCC(=O)NCC(=O)Nc1c(C)cc(C)cc1C. The molecule has 7 nitrogen and oxygen atoms in total. The van der Waals surface area contributed by atoms with Crippen molar-refractivity contribution >= 4 is 17.5 Å². The van der Waals surface area contributed by atoms with E-state index in [2.05, 4.69) is 10.6 Å². The lowest BCUT2D eigenvalue weighted by atomic mass is 10.1. The van der Waals surface area contributed by atoms with E-state index in [0.717, 1.165) is 22.4 Å². The molecule has 2 aromatic carbocycles. The maximum absolute atomic E-state index is 12.1. The number of nitriles is 1. The van der Waals surface area contributed by atoms with Gasteiger partial charge in [-0.15, -0.1) is 0 Å². The van der Waals surface area contributed by atoms with Gasteiger partial charge in [-0.25, -0.2) is 0 Å². The van der Waals surface area contributed by atoms with E-state index in [9.17, 15) is 9.59 Å². The van der Waals surface area contributed by atoms with Gasteiger partial charge in [0.15, 0.2) is 18.1 Å². The summed E-state index contributed by atoms with van der Waals surface area (Å²) in [5.74, 6) is -0.0693. The highest BCUT2D eigenvalue weighted by Gasteiger charge is 2.12. The van der Waals surface area contributed by atoms with Gasteiger partial charge in [-0.05, 0) is 44.0 Å². The number of anilines is 1. The van der Waals surface area contributed by atoms with Crippen LogP contribution >= 0.6 is 0 Å². The molecule has 0 heterocycles. The van der Waals surface area contributed by atoms with Gasteiger partial charge >= 0.3 is 0 Å². The minimum absolute atomic E-state index is 0.167. The number of nitrogens with one attached hydrogen (secondary N) is 2. The van der Waals surface area contributed by atoms with E-state index in [1.165, 1.54) is 13.2 Å². The number of carbonyl (C=O) groups excluding carboxylic acids is 2. The predicted octanol–water partition coefficient (Wildman–Crippen LogP) is 2.63. The standard InChI is InChI=1S/C21H23N3O4/c1-13-7-14(2)21(15(3)8-13)24-19(25)11-23-20(26)12-28-17-6-5-16(10-22)9-18(17)27-4/h5-9H,11-12H2,1-4H3,(H,23,26)(H,24,25). The third-order valence-electron chi connectivity index (χ3n) is 4.04. The van der Waals surface area contributed by atoms with Crippen molar-refractivity contribution < 1.29 is 19.1 Å². The number of methoxy groups -OCH3 is 1. The summed E-state index contributed by atoms with van der Waals surface area (Å²) in [5, 5.41) is 14.2. The third-order valence-corrected chi connectivity index (χ3v) is 4.04. The number of hydrogen-bond donors (Lipinski definition) is 2. The number of benzene rings is 2. The molecule has 0 aliphatic heterocycles. The summed E-state index contributed by atoms with van der Waals surface area (Å²) in [7, 11) is 1.45. The lowest BCUT2D eigenvalue weighted by molar-refractivity contribution is -0.125. The number of nitrogens with zero attached hydrogens (tertiary/aromatic N) is 1. The van der Waals surface area contributed by atoms with Gasteiger partial charge in [0.2, 0.25) is 5.91 Å². The Morgan fingerprint density at radius 1 is 1.04 bits per heavy atom. The van der Waals surface area contributed by atoms with Crippen LogP contribution in [0.2, 0.25) is 0 Å². The Bertz CT molecular complexity index is 909. The summed E-state index contributed by atoms with van der Waals surface area (Å²) in [6.45, 7) is 5.40. The normalized spacial score (nSPS) is 9.96. The van der Waals surface area contributed by atoms with Gasteiger partial charge in [0.25, 0.3) is 5.91 Å². The van der Waals surface area contributed by atoms with E-state index in [1.54, 1.807) is 12.1 Å². The van der Waals surface area contributed by atoms with Crippen LogP contribution in [0.1, 0.15) is 22.3 Å². The fraction of sp³-hybridized carbons (Fsp3) is 0.286. The van der Waals surface area contributed by atoms with Gasteiger partial charge in [0.05, 0.1) is 25.3 Å². The average Bonchev–Trinajstić information content (AvgIpc) is 2.67. The van der Waals surface area contributed by atoms with E-state index in [1.807, 2.05) is 39.0 Å². The van der Waals surface area contributed by atoms with Crippen LogP contribution in [0.25, 0.3) is 0 Å². The monoisotopic (exact) mass is 381 g/mol. The lowest BCUT2D eigenvalue weighted by Gasteiger charge is -2.14. The van der Waals surface area contributed by atoms with Gasteiger partial charge in [-0.1, -0.05) is 17.7 Å². The molecule has 2 aromatic rings. The highest BCUT2D eigenvalue weighted by molar-refractivity contribution is 5.95. The first kappa shape index (κ1) is 20.8. The summed E-state index contributed by atoms with van der Waals surface area (Å²) in [4.78, 5) is 24.1. The molecule has 0 aliphatic rings. The van der Waals surface area contributed by atoms with Crippen molar-refractivity contribution in [3.8, 4) is 17.6 Å². The Morgan fingerprint density at radius 3 is 2.32 bits per heavy atom. The molecule has 0 aliphatic carbocycles. The van der Waals surface area contributed by atoms with E-state index >= 15 is 0 Å². The molecule has 0 unspecified atom stereocenters. The molecule has 0 aromatic heterocycles. The minimum Gasteiger partial charge on any atom is -0.493 e. The molecule has 0 radical (unpaired) electrons. The Balaban J connectivity index is 1.86. The number of carbonyl (C=O) groups is 2. The van der Waals surface area contributed by atoms with Crippen molar-refractivity contribution in [2.75, 3.05) is 25.6 Å². The molecule has 2 N–H and O–H groups in total. The molecule has 28 heavy (non-hydrogen) atoms. The minimum atomic E-state index is -0.445. The quantitative estimate of drug-likeness (QED) is 0.768. The zero-order chi connectivity index (χ0) is 20.7. The van der Waals surface area contributed by atoms with Crippen LogP contribution in [0.4, 0.5) is 5.69 Å². The van der Waals surface area contributed by atoms with Crippen LogP contribution in [0, 0.1) is 32.1 Å². The maximum Gasteiger partial charge on any atom is 0.258 e. The topological polar surface area (TPSA) is 100 Å². The second-order valence-electron chi connectivity index (χ2n) is 6.36. The first-order valence-corrected chi connectivity index (χ1v) is 8.69. The van der Waals surface area contributed by atoms with Gasteiger partial charge in [0, 0.05) is 11.8 Å². The number of hydrogen-bond acceptors (Lipinski definition) is 5. The Labute approximate surface area is 164 Å². The molecule has 2 rings (SSSR count). The van der Waals surface area contributed by atoms with Crippen molar-refractivity contribution in [3.05, 3.63) is 52.6 Å². The van der Waals surface area contributed by atoms with Gasteiger partial charge in [0.1, 0.15) is 0 Å². The Morgan fingerprint density at radius 2 is 1.71 bits per heavy atom. The summed E-state index contributed by atoms with van der Waals surface area (Å²) in [6.07, 6.45) is 0.